The Morgan fingerprint density at radius 3 is 2.79 bits per heavy atom. The molecule has 7 heteroatoms. The van der Waals surface area contributed by atoms with Crippen molar-refractivity contribution in [1.29, 1.82) is 0 Å². The highest BCUT2D eigenvalue weighted by atomic mass is 19.1. The lowest BCUT2D eigenvalue weighted by atomic mass is 10.1. The van der Waals surface area contributed by atoms with E-state index in [0.29, 0.717) is 12.1 Å². The summed E-state index contributed by atoms with van der Waals surface area (Å²) in [5.41, 5.74) is 5.37. The Kier molecular flexibility index (Phi) is 5.12. The Morgan fingerprint density at radius 2 is 2.03 bits per heavy atom. The van der Waals surface area contributed by atoms with Crippen LogP contribution in [0.25, 0.3) is 16.7 Å². The van der Waals surface area contributed by atoms with Gasteiger partial charge in [-0.25, -0.2) is 14.1 Å². The Hall–Kier alpha value is -3.48. The minimum Gasteiger partial charge on any atom is -0.399 e. The van der Waals surface area contributed by atoms with Crippen molar-refractivity contribution in [1.82, 2.24) is 19.3 Å². The van der Waals surface area contributed by atoms with Crippen LogP contribution in [-0.2, 0) is 17.8 Å². The quantitative estimate of drug-likeness (QED) is 0.363. The molecule has 0 aliphatic carbocycles. The number of hydrogen-bond acceptors (Lipinski definition) is 4. The van der Waals surface area contributed by atoms with Crippen LogP contribution in [0.1, 0.15) is 30.9 Å². The molecule has 0 aliphatic heterocycles. The molecular weight excluding hydrogens is 369 g/mol. The van der Waals surface area contributed by atoms with Gasteiger partial charge in [0.05, 0.1) is 28.1 Å². The minimum atomic E-state index is -0.287. The first-order valence-corrected chi connectivity index (χ1v) is 9.47. The second-order valence-corrected chi connectivity index (χ2v) is 6.73. The Morgan fingerprint density at radius 1 is 1.17 bits per heavy atom. The van der Waals surface area contributed by atoms with Gasteiger partial charge >= 0.3 is 0 Å². The lowest BCUT2D eigenvalue weighted by Crippen LogP contribution is -2.07. The van der Waals surface area contributed by atoms with Crippen molar-refractivity contribution >= 4 is 16.7 Å². The normalized spacial score (nSPS) is 11.9. The number of aryl methyl sites for hydroxylation is 1. The molecule has 0 fully saturated rings. The second-order valence-electron chi connectivity index (χ2n) is 6.73. The highest BCUT2D eigenvalue weighted by Gasteiger charge is 2.14. The number of rotatable bonds is 6. The van der Waals surface area contributed by atoms with Crippen molar-refractivity contribution in [2.24, 2.45) is 5.16 Å². The topological polar surface area (TPSA) is 57.2 Å². The number of fused-ring (bicyclic) bond motifs is 1. The molecule has 0 radical (unpaired) electrons. The summed E-state index contributed by atoms with van der Waals surface area (Å²) in [6.45, 7) is 4.80. The molecule has 4 rings (SSSR count). The maximum absolute atomic E-state index is 13.7. The monoisotopic (exact) mass is 391 g/mol. The number of oxime groups is 1. The van der Waals surface area contributed by atoms with Gasteiger partial charge < -0.3 is 9.40 Å². The van der Waals surface area contributed by atoms with Crippen molar-refractivity contribution in [3.05, 3.63) is 77.6 Å². The summed E-state index contributed by atoms with van der Waals surface area (Å²) in [5.74, 6) is 0.643. The smallest absolute Gasteiger partial charge is 0.125 e. The van der Waals surface area contributed by atoms with Crippen LogP contribution in [0.5, 0.6) is 0 Å². The number of halogens is 1. The van der Waals surface area contributed by atoms with Gasteiger partial charge in [-0.05, 0) is 50.2 Å². The molecule has 29 heavy (non-hydrogen) atoms. The van der Waals surface area contributed by atoms with Gasteiger partial charge in [-0.3, -0.25) is 0 Å². The third-order valence-electron chi connectivity index (χ3n) is 4.90. The van der Waals surface area contributed by atoms with E-state index in [2.05, 4.69) is 27.8 Å². The van der Waals surface area contributed by atoms with Gasteiger partial charge in [0.25, 0.3) is 0 Å². The van der Waals surface area contributed by atoms with E-state index >= 15 is 0 Å². The van der Waals surface area contributed by atoms with E-state index in [-0.39, 0.29) is 5.82 Å². The molecular formula is C22H22FN5O. The fourth-order valence-electron chi connectivity index (χ4n) is 3.55. The molecule has 0 saturated heterocycles. The van der Waals surface area contributed by atoms with Gasteiger partial charge in [-0.1, -0.05) is 17.3 Å². The summed E-state index contributed by atoms with van der Waals surface area (Å²) >= 11 is 0. The first-order chi connectivity index (χ1) is 14.1. The van der Waals surface area contributed by atoms with Gasteiger partial charge in [0.2, 0.25) is 0 Å². The molecule has 0 aliphatic rings. The Balaban J connectivity index is 1.74. The molecule has 148 valence electrons. The second kappa shape index (κ2) is 7.87. The van der Waals surface area contributed by atoms with Gasteiger partial charge in [0, 0.05) is 24.7 Å². The van der Waals surface area contributed by atoms with Crippen molar-refractivity contribution in [2.45, 2.75) is 26.8 Å². The van der Waals surface area contributed by atoms with Crippen LogP contribution in [0.3, 0.4) is 0 Å². The summed E-state index contributed by atoms with van der Waals surface area (Å²) in [7, 11) is 1.54. The fourth-order valence-corrected chi connectivity index (χ4v) is 3.55. The van der Waals surface area contributed by atoms with Crippen LogP contribution >= 0.6 is 0 Å². The molecule has 2 aromatic carbocycles. The van der Waals surface area contributed by atoms with Gasteiger partial charge in [-0.2, -0.15) is 5.10 Å². The molecule has 4 aromatic rings. The minimum absolute atomic E-state index is 0.287. The maximum atomic E-state index is 13.7. The van der Waals surface area contributed by atoms with E-state index in [0.717, 1.165) is 40.4 Å². The van der Waals surface area contributed by atoms with Crippen LogP contribution in [-0.4, -0.2) is 32.2 Å². The summed E-state index contributed by atoms with van der Waals surface area (Å²) in [5, 5.41) is 8.38. The highest BCUT2D eigenvalue weighted by Crippen LogP contribution is 2.22. The predicted molar refractivity (Wildman–Crippen MR) is 111 cm³/mol. The van der Waals surface area contributed by atoms with Crippen LogP contribution in [0.2, 0.25) is 0 Å². The van der Waals surface area contributed by atoms with Crippen LogP contribution < -0.4 is 0 Å². The van der Waals surface area contributed by atoms with Crippen molar-refractivity contribution in [3.8, 4) is 5.69 Å². The number of imidazole rings is 1. The molecule has 0 saturated carbocycles. The molecule has 2 heterocycles. The zero-order chi connectivity index (χ0) is 20.4. The predicted octanol–water partition coefficient (Wildman–Crippen LogP) is 4.34. The summed E-state index contributed by atoms with van der Waals surface area (Å²) in [6.07, 6.45) is 2.31. The van der Waals surface area contributed by atoms with E-state index in [1.54, 1.807) is 16.9 Å². The van der Waals surface area contributed by atoms with Crippen molar-refractivity contribution in [3.63, 3.8) is 0 Å². The summed E-state index contributed by atoms with van der Waals surface area (Å²) in [6, 6.07) is 14.5. The molecule has 0 N–H and O–H groups in total. The summed E-state index contributed by atoms with van der Waals surface area (Å²) in [4.78, 5) is 9.75. The van der Waals surface area contributed by atoms with Crippen LogP contribution in [0, 0.1) is 5.82 Å². The van der Waals surface area contributed by atoms with E-state index in [1.807, 2.05) is 31.2 Å². The molecule has 0 spiro atoms. The average Bonchev–Trinajstić information content (AvgIpc) is 3.31. The average molecular weight is 391 g/mol. The van der Waals surface area contributed by atoms with E-state index in [4.69, 9.17) is 9.82 Å². The molecule has 6 nitrogen and oxygen atoms in total. The first kappa shape index (κ1) is 18.9. The number of aromatic nitrogens is 4. The maximum Gasteiger partial charge on any atom is 0.125 e. The first-order valence-electron chi connectivity index (χ1n) is 9.47. The standard InChI is InChI=1S/C22H22FN5O/c1-4-27-21-9-8-16(15(2)26-29-3)12-20(21)25-22(27)14-19-10-11-24-28(19)18-7-5-6-17(23)13-18/h5-13H,4,14H2,1-3H3/b26-15-. The largest absolute Gasteiger partial charge is 0.399 e. The highest BCUT2D eigenvalue weighted by molar-refractivity contribution is 6.00. The van der Waals surface area contributed by atoms with Gasteiger partial charge in [0.15, 0.2) is 0 Å². The molecule has 2 aromatic heterocycles. The molecule has 0 unspecified atom stereocenters. The molecule has 0 amide bonds. The number of benzene rings is 2. The van der Waals surface area contributed by atoms with Crippen LogP contribution in [0.15, 0.2) is 59.9 Å². The number of hydrogen-bond donors (Lipinski definition) is 0. The van der Waals surface area contributed by atoms with Gasteiger partial charge in [0.1, 0.15) is 18.8 Å². The lowest BCUT2D eigenvalue weighted by molar-refractivity contribution is 0.213. The Labute approximate surface area is 168 Å². The fraction of sp³-hybridized carbons (Fsp3) is 0.227. The molecule has 0 bridgehead atoms. The zero-order valence-corrected chi connectivity index (χ0v) is 16.6. The lowest BCUT2D eigenvalue weighted by Gasteiger charge is -2.09. The SMILES string of the molecule is CCn1c(Cc2ccnn2-c2cccc(F)c2)nc2cc(/C(C)=N\OC)ccc21. The van der Waals surface area contributed by atoms with Crippen molar-refractivity contribution < 1.29 is 9.23 Å². The zero-order valence-electron chi connectivity index (χ0n) is 16.6. The van der Waals surface area contributed by atoms with E-state index in [1.165, 1.54) is 19.2 Å². The number of nitrogens with zero attached hydrogens (tertiary/aromatic N) is 5. The van der Waals surface area contributed by atoms with E-state index in [9.17, 15) is 4.39 Å². The van der Waals surface area contributed by atoms with E-state index < -0.39 is 0 Å². The van der Waals surface area contributed by atoms with Crippen molar-refractivity contribution in [2.75, 3.05) is 7.11 Å². The Bertz CT molecular complexity index is 1190. The van der Waals surface area contributed by atoms with Crippen LogP contribution in [0.4, 0.5) is 4.39 Å². The van der Waals surface area contributed by atoms with Gasteiger partial charge in [-0.15, -0.1) is 0 Å². The third kappa shape index (κ3) is 3.63. The summed E-state index contributed by atoms with van der Waals surface area (Å²) < 4.78 is 17.6. The molecule has 0 atom stereocenters. The third-order valence-corrected chi connectivity index (χ3v) is 4.90.